The maximum atomic E-state index is 11.1. The number of aromatic nitrogens is 2. The molecule has 1 amide bonds. The summed E-state index contributed by atoms with van der Waals surface area (Å²) < 4.78 is 10.9. The van der Waals surface area contributed by atoms with Gasteiger partial charge < -0.3 is 25.4 Å². The van der Waals surface area contributed by atoms with Crippen molar-refractivity contribution in [2.75, 3.05) is 22.7 Å². The number of hydrogen-bond donors (Lipinski definition) is 3. The topological polar surface area (TPSA) is 97.4 Å². The van der Waals surface area contributed by atoms with E-state index in [2.05, 4.69) is 25.9 Å². The first-order valence-electron chi connectivity index (χ1n) is 8.31. The second kappa shape index (κ2) is 7.20. The van der Waals surface area contributed by atoms with Gasteiger partial charge >= 0.3 is 0 Å². The monoisotopic (exact) mass is 363 g/mol. The summed E-state index contributed by atoms with van der Waals surface area (Å²) in [6, 6.07) is 14.7. The number of anilines is 5. The van der Waals surface area contributed by atoms with E-state index in [0.717, 1.165) is 17.1 Å². The van der Waals surface area contributed by atoms with E-state index in [0.29, 0.717) is 23.3 Å². The molecule has 2 aromatic carbocycles. The summed E-state index contributed by atoms with van der Waals surface area (Å²) in [5, 5.41) is 9.07. The molecule has 2 heterocycles. The Balaban J connectivity index is 1.48. The van der Waals surface area contributed by atoms with E-state index in [4.69, 9.17) is 9.47 Å². The van der Waals surface area contributed by atoms with Crippen LogP contribution in [0.1, 0.15) is 6.92 Å². The molecular weight excluding hydrogens is 346 g/mol. The van der Waals surface area contributed by atoms with Crippen molar-refractivity contribution in [1.82, 2.24) is 9.97 Å². The second-order valence-electron chi connectivity index (χ2n) is 5.81. The number of fused-ring (bicyclic) bond motifs is 1. The maximum Gasteiger partial charge on any atom is 0.231 e. The van der Waals surface area contributed by atoms with Crippen LogP contribution in [0.25, 0.3) is 0 Å². The number of carbonyl (C=O) groups is 1. The Labute approximate surface area is 155 Å². The van der Waals surface area contributed by atoms with E-state index in [1.54, 1.807) is 24.4 Å². The Morgan fingerprint density at radius 2 is 1.81 bits per heavy atom. The highest BCUT2D eigenvalue weighted by molar-refractivity contribution is 5.88. The quantitative estimate of drug-likeness (QED) is 0.636. The molecule has 0 fully saturated rings. The van der Waals surface area contributed by atoms with Crippen molar-refractivity contribution < 1.29 is 14.3 Å². The molecule has 3 aromatic rings. The van der Waals surface area contributed by atoms with Gasteiger partial charge in [0.15, 0.2) is 11.5 Å². The van der Waals surface area contributed by atoms with Gasteiger partial charge in [-0.2, -0.15) is 4.98 Å². The number of hydrogen-bond acceptors (Lipinski definition) is 7. The van der Waals surface area contributed by atoms with E-state index in [1.165, 1.54) is 6.92 Å². The van der Waals surface area contributed by atoms with Gasteiger partial charge in [-0.15, -0.1) is 0 Å². The third-order valence-corrected chi connectivity index (χ3v) is 3.78. The predicted octanol–water partition coefficient (Wildman–Crippen LogP) is 3.65. The molecule has 1 aliphatic rings. The van der Waals surface area contributed by atoms with Crippen molar-refractivity contribution in [3.05, 3.63) is 54.7 Å². The third kappa shape index (κ3) is 3.90. The minimum absolute atomic E-state index is 0.111. The number of carbonyl (C=O) groups excluding carboxylic acids is 1. The Morgan fingerprint density at radius 3 is 2.63 bits per heavy atom. The summed E-state index contributed by atoms with van der Waals surface area (Å²) in [5.74, 6) is 2.31. The molecule has 136 valence electrons. The highest BCUT2D eigenvalue weighted by Crippen LogP contribution is 2.39. The molecule has 0 atom stereocenters. The van der Waals surface area contributed by atoms with Crippen molar-refractivity contribution >= 4 is 34.7 Å². The largest absolute Gasteiger partial charge is 0.454 e. The molecule has 0 saturated carbocycles. The van der Waals surface area contributed by atoms with Crippen LogP contribution in [-0.2, 0) is 4.79 Å². The lowest BCUT2D eigenvalue weighted by Gasteiger charge is -2.10. The van der Waals surface area contributed by atoms with E-state index >= 15 is 0 Å². The van der Waals surface area contributed by atoms with Crippen LogP contribution in [-0.4, -0.2) is 22.7 Å². The Bertz CT molecular complexity index is 975. The number of para-hydroxylation sites is 1. The fourth-order valence-electron chi connectivity index (χ4n) is 2.62. The van der Waals surface area contributed by atoms with Crippen molar-refractivity contribution in [3.8, 4) is 11.5 Å². The molecule has 8 heteroatoms. The van der Waals surface area contributed by atoms with Gasteiger partial charge in [-0.25, -0.2) is 4.98 Å². The van der Waals surface area contributed by atoms with Crippen LogP contribution in [0.3, 0.4) is 0 Å². The second-order valence-corrected chi connectivity index (χ2v) is 5.81. The van der Waals surface area contributed by atoms with Crippen LogP contribution in [0.5, 0.6) is 11.5 Å². The van der Waals surface area contributed by atoms with Gasteiger partial charge in [0.05, 0.1) is 5.69 Å². The summed E-state index contributed by atoms with van der Waals surface area (Å²) in [6.07, 6.45) is 1.66. The predicted molar refractivity (Wildman–Crippen MR) is 102 cm³/mol. The molecule has 8 nitrogen and oxygen atoms in total. The zero-order valence-corrected chi connectivity index (χ0v) is 14.5. The number of nitrogens with one attached hydrogen (secondary N) is 3. The zero-order valence-electron chi connectivity index (χ0n) is 14.5. The van der Waals surface area contributed by atoms with E-state index in [9.17, 15) is 4.79 Å². The normalized spacial score (nSPS) is 11.7. The fraction of sp³-hybridized carbons (Fsp3) is 0.105. The molecule has 1 aromatic heterocycles. The summed E-state index contributed by atoms with van der Waals surface area (Å²) in [4.78, 5) is 19.8. The van der Waals surface area contributed by atoms with Gasteiger partial charge in [0.25, 0.3) is 0 Å². The smallest absolute Gasteiger partial charge is 0.231 e. The third-order valence-electron chi connectivity index (χ3n) is 3.78. The molecule has 0 bridgehead atoms. The summed E-state index contributed by atoms with van der Waals surface area (Å²) in [6.45, 7) is 1.68. The average Bonchev–Trinajstić information content (AvgIpc) is 3.13. The average molecular weight is 363 g/mol. The van der Waals surface area contributed by atoms with Crippen LogP contribution in [0.2, 0.25) is 0 Å². The van der Waals surface area contributed by atoms with Crippen molar-refractivity contribution in [3.63, 3.8) is 0 Å². The highest BCUT2D eigenvalue weighted by Gasteiger charge is 2.17. The molecule has 0 radical (unpaired) electrons. The molecule has 0 spiro atoms. The first-order valence-corrected chi connectivity index (χ1v) is 8.31. The molecule has 4 rings (SSSR count). The molecule has 0 saturated heterocycles. The van der Waals surface area contributed by atoms with Crippen LogP contribution in [0, 0.1) is 0 Å². The number of benzene rings is 2. The van der Waals surface area contributed by atoms with Crippen LogP contribution >= 0.6 is 0 Å². The Morgan fingerprint density at radius 1 is 1.00 bits per heavy atom. The Kier molecular flexibility index (Phi) is 4.44. The summed E-state index contributed by atoms with van der Waals surface area (Å²) in [7, 11) is 0. The van der Waals surface area contributed by atoms with E-state index in [-0.39, 0.29) is 12.7 Å². The molecule has 0 unspecified atom stereocenters. The minimum Gasteiger partial charge on any atom is -0.454 e. The van der Waals surface area contributed by atoms with E-state index < -0.39 is 0 Å². The van der Waals surface area contributed by atoms with E-state index in [1.807, 2.05) is 30.3 Å². The van der Waals surface area contributed by atoms with Crippen molar-refractivity contribution in [1.29, 1.82) is 0 Å². The lowest BCUT2D eigenvalue weighted by molar-refractivity contribution is -0.114. The lowest BCUT2D eigenvalue weighted by Crippen LogP contribution is -2.05. The summed E-state index contributed by atoms with van der Waals surface area (Å²) in [5.41, 5.74) is 2.30. The van der Waals surface area contributed by atoms with Gasteiger partial charge in [-0.3, -0.25) is 4.79 Å². The molecule has 27 heavy (non-hydrogen) atoms. The van der Waals surface area contributed by atoms with Gasteiger partial charge in [0.1, 0.15) is 5.82 Å². The van der Waals surface area contributed by atoms with Crippen LogP contribution in [0.15, 0.2) is 54.7 Å². The standard InChI is InChI=1S/C19H17N5O3/c1-12(25)21-13-5-7-14(8-6-13)22-19-20-10-9-17(24-19)23-15-3-2-4-16-18(15)27-11-26-16/h2-10H,11H2,1H3,(H,21,25)(H2,20,22,23,24). The molecular formula is C19H17N5O3. The van der Waals surface area contributed by atoms with Crippen LogP contribution in [0.4, 0.5) is 28.8 Å². The maximum absolute atomic E-state index is 11.1. The SMILES string of the molecule is CC(=O)Nc1ccc(Nc2nccc(Nc3cccc4c3OCO4)n2)cc1. The lowest BCUT2D eigenvalue weighted by atomic mass is 10.2. The molecule has 0 aliphatic carbocycles. The van der Waals surface area contributed by atoms with Gasteiger partial charge in [-0.05, 0) is 42.5 Å². The number of rotatable bonds is 5. The summed E-state index contributed by atoms with van der Waals surface area (Å²) >= 11 is 0. The minimum atomic E-state index is -0.111. The number of nitrogens with zero attached hydrogens (tertiary/aromatic N) is 2. The van der Waals surface area contributed by atoms with Gasteiger partial charge in [-0.1, -0.05) is 6.07 Å². The zero-order chi connectivity index (χ0) is 18.6. The first kappa shape index (κ1) is 16.6. The number of amides is 1. The molecule has 1 aliphatic heterocycles. The van der Waals surface area contributed by atoms with Crippen LogP contribution < -0.4 is 25.4 Å². The Hall–Kier alpha value is -3.81. The van der Waals surface area contributed by atoms with Gasteiger partial charge in [0, 0.05) is 24.5 Å². The fourth-order valence-corrected chi connectivity index (χ4v) is 2.62. The van der Waals surface area contributed by atoms with Crippen molar-refractivity contribution in [2.24, 2.45) is 0 Å². The molecule has 3 N–H and O–H groups in total. The van der Waals surface area contributed by atoms with Gasteiger partial charge in [0.2, 0.25) is 18.6 Å². The first-order chi connectivity index (χ1) is 13.2. The number of ether oxygens (including phenoxy) is 2. The van der Waals surface area contributed by atoms with Crippen molar-refractivity contribution in [2.45, 2.75) is 6.92 Å². The highest BCUT2D eigenvalue weighted by atomic mass is 16.7.